The predicted molar refractivity (Wildman–Crippen MR) is 122 cm³/mol. The largest absolute Gasteiger partial charge is 0.453 e. The number of rotatable bonds is 5. The third-order valence-electron chi connectivity index (χ3n) is 5.64. The first-order valence-corrected chi connectivity index (χ1v) is 10.9. The standard InChI is InChI=1S/C23H18ClFN6O3/c1-12-28-15-3-4-17(19(24)21(15)29-12)34-18-5-2-14-22(20(18)25)30-16(7-26-14)13-6-27-31(8-13)9-23(32)10-33-11-23/h2-8,32H,9-11H2,1H3,(H,28,29). The minimum atomic E-state index is -0.921. The van der Waals surface area contributed by atoms with Crippen molar-refractivity contribution in [1.82, 2.24) is 29.7 Å². The van der Waals surface area contributed by atoms with E-state index in [0.717, 1.165) is 5.52 Å². The fourth-order valence-corrected chi connectivity index (χ4v) is 4.15. The highest BCUT2D eigenvalue weighted by molar-refractivity contribution is 6.36. The monoisotopic (exact) mass is 480 g/mol. The van der Waals surface area contributed by atoms with Crippen LogP contribution in [0.25, 0.3) is 33.3 Å². The minimum Gasteiger partial charge on any atom is -0.453 e. The molecule has 0 atom stereocenters. The zero-order valence-corrected chi connectivity index (χ0v) is 18.7. The Hall–Kier alpha value is -3.60. The second-order valence-corrected chi connectivity index (χ2v) is 8.72. The molecule has 11 heteroatoms. The lowest BCUT2D eigenvalue weighted by Crippen LogP contribution is -2.52. The van der Waals surface area contributed by atoms with Crippen LogP contribution in [-0.4, -0.2) is 53.6 Å². The molecule has 1 fully saturated rings. The van der Waals surface area contributed by atoms with Gasteiger partial charge in [0.05, 0.1) is 48.9 Å². The molecule has 1 aliphatic heterocycles. The molecule has 0 bridgehead atoms. The van der Waals surface area contributed by atoms with Crippen LogP contribution in [0.5, 0.6) is 11.5 Å². The molecule has 5 aromatic rings. The highest BCUT2D eigenvalue weighted by atomic mass is 35.5. The minimum absolute atomic E-state index is 0.0321. The third-order valence-corrected chi connectivity index (χ3v) is 6.01. The van der Waals surface area contributed by atoms with Gasteiger partial charge >= 0.3 is 0 Å². The highest BCUT2D eigenvalue weighted by Crippen LogP contribution is 2.36. The molecule has 3 aromatic heterocycles. The maximum atomic E-state index is 15.4. The smallest absolute Gasteiger partial charge is 0.193 e. The van der Waals surface area contributed by atoms with Gasteiger partial charge in [-0.05, 0) is 31.2 Å². The number of hydrogen-bond donors (Lipinski definition) is 2. The van der Waals surface area contributed by atoms with Crippen LogP contribution >= 0.6 is 11.6 Å². The molecule has 4 heterocycles. The zero-order chi connectivity index (χ0) is 23.4. The van der Waals surface area contributed by atoms with Crippen LogP contribution in [0.1, 0.15) is 5.82 Å². The lowest BCUT2D eigenvalue weighted by atomic mass is 10.0. The molecule has 2 N–H and O–H groups in total. The van der Waals surface area contributed by atoms with E-state index in [2.05, 4.69) is 25.0 Å². The number of fused-ring (bicyclic) bond motifs is 2. The maximum Gasteiger partial charge on any atom is 0.193 e. The summed E-state index contributed by atoms with van der Waals surface area (Å²) in [7, 11) is 0. The van der Waals surface area contributed by atoms with E-state index in [-0.39, 0.29) is 35.3 Å². The third kappa shape index (κ3) is 3.56. The van der Waals surface area contributed by atoms with Crippen molar-refractivity contribution in [3.05, 3.63) is 59.5 Å². The number of halogens is 2. The van der Waals surface area contributed by atoms with Gasteiger partial charge in [0, 0.05) is 11.8 Å². The number of hydrogen-bond acceptors (Lipinski definition) is 7. The summed E-state index contributed by atoms with van der Waals surface area (Å²) >= 11 is 6.45. The van der Waals surface area contributed by atoms with Crippen LogP contribution in [0.4, 0.5) is 4.39 Å². The summed E-state index contributed by atoms with van der Waals surface area (Å²) in [5, 5.41) is 14.8. The van der Waals surface area contributed by atoms with Gasteiger partial charge in [-0.25, -0.2) is 14.4 Å². The van der Waals surface area contributed by atoms with Crippen molar-refractivity contribution in [2.24, 2.45) is 0 Å². The maximum absolute atomic E-state index is 15.4. The molecule has 6 rings (SSSR count). The quantitative estimate of drug-likeness (QED) is 0.390. The Kier molecular flexibility index (Phi) is 4.76. The lowest BCUT2D eigenvalue weighted by Gasteiger charge is -2.35. The molecule has 172 valence electrons. The number of imidazole rings is 1. The van der Waals surface area contributed by atoms with E-state index >= 15 is 4.39 Å². The van der Waals surface area contributed by atoms with E-state index in [9.17, 15) is 5.11 Å². The molecule has 1 aliphatic rings. The SMILES string of the molecule is Cc1nc2c(Cl)c(Oc3ccc4ncc(-c5cnn(CC6(O)COC6)c5)nc4c3F)ccc2[nH]1. The van der Waals surface area contributed by atoms with Gasteiger partial charge in [-0.1, -0.05) is 11.6 Å². The van der Waals surface area contributed by atoms with Gasteiger partial charge in [0.25, 0.3) is 0 Å². The first-order chi connectivity index (χ1) is 16.4. The molecule has 34 heavy (non-hydrogen) atoms. The number of aromatic nitrogens is 6. The van der Waals surface area contributed by atoms with Gasteiger partial charge in [0.2, 0.25) is 0 Å². The van der Waals surface area contributed by atoms with Gasteiger partial charge in [-0.15, -0.1) is 0 Å². The summed E-state index contributed by atoms with van der Waals surface area (Å²) in [5.74, 6) is 0.305. The summed E-state index contributed by atoms with van der Waals surface area (Å²) in [6.07, 6.45) is 4.87. The molecule has 0 spiro atoms. The van der Waals surface area contributed by atoms with Crippen molar-refractivity contribution in [1.29, 1.82) is 0 Å². The summed E-state index contributed by atoms with van der Waals surface area (Å²) < 4.78 is 27.9. The Labute approximate surface area is 197 Å². The van der Waals surface area contributed by atoms with Gasteiger partial charge < -0.3 is 19.6 Å². The number of nitrogens with one attached hydrogen (secondary N) is 1. The highest BCUT2D eigenvalue weighted by Gasteiger charge is 2.36. The first-order valence-electron chi connectivity index (χ1n) is 10.5. The number of nitrogens with zero attached hydrogens (tertiary/aromatic N) is 5. The van der Waals surface area contributed by atoms with Gasteiger partial charge in [-0.3, -0.25) is 9.67 Å². The number of aliphatic hydroxyl groups is 1. The summed E-state index contributed by atoms with van der Waals surface area (Å²) in [6.45, 7) is 2.65. The van der Waals surface area contributed by atoms with Crippen LogP contribution in [0.15, 0.2) is 42.9 Å². The molecule has 2 aromatic carbocycles. The second kappa shape index (κ2) is 7.73. The lowest BCUT2D eigenvalue weighted by molar-refractivity contribution is -0.186. The van der Waals surface area contributed by atoms with E-state index < -0.39 is 11.4 Å². The topological polar surface area (TPSA) is 111 Å². The Morgan fingerprint density at radius 3 is 2.79 bits per heavy atom. The number of aromatic amines is 1. The van der Waals surface area contributed by atoms with E-state index in [1.165, 1.54) is 6.07 Å². The fourth-order valence-electron chi connectivity index (χ4n) is 3.90. The Balaban J connectivity index is 1.33. The van der Waals surface area contributed by atoms with E-state index in [1.54, 1.807) is 41.5 Å². The molecular formula is C23H18ClFN6O3. The Bertz CT molecular complexity index is 1560. The molecule has 0 unspecified atom stereocenters. The van der Waals surface area contributed by atoms with Crippen LogP contribution in [0.3, 0.4) is 0 Å². The van der Waals surface area contributed by atoms with Gasteiger partial charge in [0.15, 0.2) is 11.6 Å². The first kappa shape index (κ1) is 21.0. The Morgan fingerprint density at radius 2 is 2.00 bits per heavy atom. The number of benzene rings is 2. The normalized spacial score (nSPS) is 15.1. The molecular weight excluding hydrogens is 463 g/mol. The van der Waals surface area contributed by atoms with Crippen molar-refractivity contribution in [2.75, 3.05) is 13.2 Å². The van der Waals surface area contributed by atoms with Crippen LogP contribution in [0, 0.1) is 12.7 Å². The van der Waals surface area contributed by atoms with Crippen LogP contribution in [-0.2, 0) is 11.3 Å². The molecule has 1 saturated heterocycles. The Morgan fingerprint density at radius 1 is 1.18 bits per heavy atom. The van der Waals surface area contributed by atoms with Crippen molar-refractivity contribution in [2.45, 2.75) is 19.1 Å². The van der Waals surface area contributed by atoms with Crippen LogP contribution < -0.4 is 4.74 Å². The molecule has 9 nitrogen and oxygen atoms in total. The van der Waals surface area contributed by atoms with Gasteiger partial charge in [0.1, 0.15) is 33.2 Å². The summed E-state index contributed by atoms with van der Waals surface area (Å²) in [6, 6.07) is 6.55. The number of ether oxygens (including phenoxy) is 2. The van der Waals surface area contributed by atoms with Crippen LogP contribution in [0.2, 0.25) is 5.02 Å². The van der Waals surface area contributed by atoms with Gasteiger partial charge in [-0.2, -0.15) is 5.10 Å². The fraction of sp³-hybridized carbons (Fsp3) is 0.217. The number of H-pyrrole nitrogens is 1. The predicted octanol–water partition coefficient (Wildman–Crippen LogP) is 4.02. The van der Waals surface area contributed by atoms with Crippen molar-refractivity contribution in [3.8, 4) is 22.8 Å². The van der Waals surface area contributed by atoms with Crippen molar-refractivity contribution >= 4 is 33.7 Å². The van der Waals surface area contributed by atoms with E-state index in [4.69, 9.17) is 21.1 Å². The van der Waals surface area contributed by atoms with E-state index in [1.807, 2.05) is 6.92 Å². The second-order valence-electron chi connectivity index (χ2n) is 8.34. The summed E-state index contributed by atoms with van der Waals surface area (Å²) in [5.41, 5.74) is 1.92. The molecule has 0 saturated carbocycles. The average molecular weight is 481 g/mol. The van der Waals surface area contributed by atoms with Crippen molar-refractivity contribution < 1.29 is 19.0 Å². The molecule has 0 amide bonds. The van der Waals surface area contributed by atoms with Crippen molar-refractivity contribution in [3.63, 3.8) is 0 Å². The summed E-state index contributed by atoms with van der Waals surface area (Å²) in [4.78, 5) is 16.2. The molecule has 0 aliphatic carbocycles. The molecule has 0 radical (unpaired) electrons. The zero-order valence-electron chi connectivity index (χ0n) is 17.9. The van der Waals surface area contributed by atoms with E-state index in [0.29, 0.717) is 34.7 Å². The average Bonchev–Trinajstić information content (AvgIpc) is 3.42. The number of aryl methyl sites for hydroxylation is 1.